The van der Waals surface area contributed by atoms with Crippen molar-refractivity contribution in [3.8, 4) is 0 Å². The highest BCUT2D eigenvalue weighted by Crippen LogP contribution is 2.23. The van der Waals surface area contributed by atoms with E-state index in [1.807, 2.05) is 0 Å². The molecule has 3 rings (SSSR count). The first kappa shape index (κ1) is 22.8. The molecule has 3 aromatic rings. The van der Waals surface area contributed by atoms with Crippen LogP contribution < -0.4 is 14.8 Å². The van der Waals surface area contributed by atoms with Crippen molar-refractivity contribution >= 4 is 48.9 Å². The van der Waals surface area contributed by atoms with E-state index in [0.717, 1.165) is 6.07 Å². The number of rotatable bonds is 6. The van der Waals surface area contributed by atoms with E-state index in [-0.39, 0.29) is 21.4 Å². The maximum Gasteiger partial charge on any atom is 0.261 e. The van der Waals surface area contributed by atoms with Crippen molar-refractivity contribution in [3.05, 3.63) is 83.4 Å². The summed E-state index contributed by atoms with van der Waals surface area (Å²) in [5.74, 6) is -0.259. The Labute approximate surface area is 185 Å². The normalized spacial score (nSPS) is 11.7. The summed E-state index contributed by atoms with van der Waals surface area (Å²) >= 11 is 5.84. The van der Waals surface area contributed by atoms with Crippen molar-refractivity contribution in [2.45, 2.75) is 9.79 Å². The van der Waals surface area contributed by atoms with Crippen LogP contribution in [0, 0.1) is 0 Å². The van der Waals surface area contributed by atoms with E-state index >= 15 is 0 Å². The van der Waals surface area contributed by atoms with Gasteiger partial charge in [-0.05, 0) is 66.7 Å². The van der Waals surface area contributed by atoms with Gasteiger partial charge in [-0.25, -0.2) is 22.0 Å². The third-order valence-corrected chi connectivity index (χ3v) is 6.89. The monoisotopic (exact) mass is 479 g/mol. The molecule has 0 atom stereocenters. The predicted molar refractivity (Wildman–Crippen MR) is 119 cm³/mol. The van der Waals surface area contributed by atoms with Crippen LogP contribution in [0.3, 0.4) is 0 Å². The van der Waals surface area contributed by atoms with Crippen molar-refractivity contribution in [2.24, 2.45) is 5.14 Å². The van der Waals surface area contributed by atoms with E-state index in [0.29, 0.717) is 16.3 Å². The van der Waals surface area contributed by atoms with Crippen molar-refractivity contribution in [1.29, 1.82) is 0 Å². The number of nitrogens with zero attached hydrogens (tertiary/aromatic N) is 1. The maximum atomic E-state index is 12.6. The van der Waals surface area contributed by atoms with Gasteiger partial charge in [-0.1, -0.05) is 17.7 Å². The summed E-state index contributed by atoms with van der Waals surface area (Å²) in [5, 5.41) is 5.58. The average molecular weight is 480 g/mol. The van der Waals surface area contributed by atoms with E-state index in [4.69, 9.17) is 16.7 Å². The van der Waals surface area contributed by atoms with Crippen LogP contribution in [0.15, 0.2) is 82.6 Å². The molecule has 0 saturated heterocycles. The fraction of sp³-hybridized carbons (Fsp3) is 0.0500. The summed E-state index contributed by atoms with van der Waals surface area (Å²) in [6.45, 7) is 0. The minimum absolute atomic E-state index is 0.233. The van der Waals surface area contributed by atoms with E-state index in [2.05, 4.69) is 4.72 Å². The SMILES string of the molecule is CN(C(=O)c1ccc(Cl)cc1)c1ccc(NS(=O)(=O)c2cccc(S(N)(=O)=O)c2)cc1. The molecule has 0 bridgehead atoms. The number of nitrogens with two attached hydrogens (primary N) is 1. The Morgan fingerprint density at radius 3 is 2.06 bits per heavy atom. The summed E-state index contributed by atoms with van der Waals surface area (Å²) < 4.78 is 50.5. The van der Waals surface area contributed by atoms with Gasteiger partial charge in [0.05, 0.1) is 9.79 Å². The van der Waals surface area contributed by atoms with Crippen LogP contribution in [0.4, 0.5) is 11.4 Å². The van der Waals surface area contributed by atoms with Gasteiger partial charge in [0, 0.05) is 29.0 Å². The number of sulfonamides is 2. The maximum absolute atomic E-state index is 12.6. The van der Waals surface area contributed by atoms with E-state index in [1.165, 1.54) is 35.2 Å². The number of carbonyl (C=O) groups excluding carboxylic acids is 1. The highest BCUT2D eigenvalue weighted by molar-refractivity contribution is 7.93. The molecule has 11 heteroatoms. The minimum atomic E-state index is -4.06. The van der Waals surface area contributed by atoms with Gasteiger partial charge < -0.3 is 4.90 Å². The van der Waals surface area contributed by atoms with Gasteiger partial charge >= 0.3 is 0 Å². The number of nitrogens with one attached hydrogen (secondary N) is 1. The molecule has 0 heterocycles. The van der Waals surface area contributed by atoms with Gasteiger partial charge in [-0.15, -0.1) is 0 Å². The quantitative estimate of drug-likeness (QED) is 0.561. The molecule has 0 aliphatic rings. The van der Waals surface area contributed by atoms with E-state index in [9.17, 15) is 21.6 Å². The first-order chi connectivity index (χ1) is 14.5. The van der Waals surface area contributed by atoms with Gasteiger partial charge in [-0.2, -0.15) is 0 Å². The summed E-state index contributed by atoms with van der Waals surface area (Å²) in [6, 6.07) is 17.3. The zero-order valence-electron chi connectivity index (χ0n) is 16.2. The molecule has 31 heavy (non-hydrogen) atoms. The third-order valence-electron chi connectivity index (χ3n) is 4.35. The molecule has 1 amide bonds. The molecule has 0 radical (unpaired) electrons. The Morgan fingerprint density at radius 2 is 1.48 bits per heavy atom. The molecule has 3 N–H and O–H groups in total. The molecule has 0 unspecified atom stereocenters. The van der Waals surface area contributed by atoms with Crippen LogP contribution in [0.2, 0.25) is 5.02 Å². The average Bonchev–Trinajstić information content (AvgIpc) is 2.73. The van der Waals surface area contributed by atoms with Gasteiger partial charge in [0.2, 0.25) is 10.0 Å². The molecule has 0 fully saturated rings. The van der Waals surface area contributed by atoms with Crippen molar-refractivity contribution < 1.29 is 21.6 Å². The Morgan fingerprint density at radius 1 is 0.903 bits per heavy atom. The molecule has 0 aliphatic heterocycles. The second kappa shape index (κ2) is 8.67. The number of halogens is 1. The fourth-order valence-corrected chi connectivity index (χ4v) is 4.55. The Balaban J connectivity index is 1.78. The molecular weight excluding hydrogens is 462 g/mol. The second-order valence-electron chi connectivity index (χ2n) is 6.54. The van der Waals surface area contributed by atoms with Crippen LogP contribution in [0.5, 0.6) is 0 Å². The molecule has 0 spiro atoms. The molecule has 3 aromatic carbocycles. The van der Waals surface area contributed by atoms with E-state index in [1.54, 1.807) is 43.4 Å². The lowest BCUT2D eigenvalue weighted by Gasteiger charge is -2.18. The molecule has 8 nitrogen and oxygen atoms in total. The van der Waals surface area contributed by atoms with Crippen molar-refractivity contribution in [1.82, 2.24) is 0 Å². The van der Waals surface area contributed by atoms with Gasteiger partial charge in [-0.3, -0.25) is 9.52 Å². The molecule has 0 aliphatic carbocycles. The number of benzene rings is 3. The summed E-state index contributed by atoms with van der Waals surface area (Å²) in [5.41, 5.74) is 1.22. The van der Waals surface area contributed by atoms with Crippen molar-refractivity contribution in [2.75, 3.05) is 16.7 Å². The lowest BCUT2D eigenvalue weighted by atomic mass is 10.2. The van der Waals surface area contributed by atoms with Crippen LogP contribution in [0.25, 0.3) is 0 Å². The number of anilines is 2. The van der Waals surface area contributed by atoms with Crippen molar-refractivity contribution in [3.63, 3.8) is 0 Å². The number of carbonyl (C=O) groups is 1. The highest BCUT2D eigenvalue weighted by Gasteiger charge is 2.18. The first-order valence-corrected chi connectivity index (χ1v) is 12.2. The Kier molecular flexibility index (Phi) is 6.37. The minimum Gasteiger partial charge on any atom is -0.311 e. The predicted octanol–water partition coefficient (Wildman–Crippen LogP) is 3.06. The van der Waals surface area contributed by atoms with Gasteiger partial charge in [0.1, 0.15) is 0 Å². The summed E-state index contributed by atoms with van der Waals surface area (Å²) in [6.07, 6.45) is 0. The number of primary sulfonamides is 1. The van der Waals surface area contributed by atoms with Crippen LogP contribution in [0.1, 0.15) is 10.4 Å². The standard InChI is InChI=1S/C20H18ClN3O5S2/c1-24(20(25)14-5-7-15(21)8-6-14)17-11-9-16(10-12-17)23-31(28,29)19-4-2-3-18(13-19)30(22,26)27/h2-13,23H,1H3,(H2,22,26,27). The summed E-state index contributed by atoms with van der Waals surface area (Å²) in [4.78, 5) is 13.4. The first-order valence-electron chi connectivity index (χ1n) is 8.77. The van der Waals surface area contributed by atoms with E-state index < -0.39 is 20.0 Å². The lowest BCUT2D eigenvalue weighted by Crippen LogP contribution is -2.26. The van der Waals surface area contributed by atoms with Gasteiger partial charge in [0.15, 0.2) is 0 Å². The zero-order valence-corrected chi connectivity index (χ0v) is 18.6. The summed E-state index contributed by atoms with van der Waals surface area (Å²) in [7, 11) is -6.51. The topological polar surface area (TPSA) is 127 Å². The molecule has 0 aromatic heterocycles. The Bertz CT molecular complexity index is 1320. The Hall–Kier alpha value is -2.92. The number of amides is 1. The van der Waals surface area contributed by atoms with Gasteiger partial charge in [0.25, 0.3) is 15.9 Å². The van der Waals surface area contributed by atoms with Crippen LogP contribution in [-0.4, -0.2) is 29.8 Å². The zero-order chi connectivity index (χ0) is 22.8. The molecule has 162 valence electrons. The number of hydrogen-bond donors (Lipinski definition) is 2. The third kappa shape index (κ3) is 5.42. The lowest BCUT2D eigenvalue weighted by molar-refractivity contribution is 0.0993. The molecule has 0 saturated carbocycles. The molecular formula is C20H18ClN3O5S2. The highest BCUT2D eigenvalue weighted by atomic mass is 35.5. The number of hydrogen-bond acceptors (Lipinski definition) is 5. The van der Waals surface area contributed by atoms with Crippen LogP contribution >= 0.6 is 11.6 Å². The van der Waals surface area contributed by atoms with Crippen LogP contribution in [-0.2, 0) is 20.0 Å². The second-order valence-corrected chi connectivity index (χ2v) is 10.2. The largest absolute Gasteiger partial charge is 0.311 e. The smallest absolute Gasteiger partial charge is 0.261 e. The fourth-order valence-electron chi connectivity index (χ4n) is 2.69.